The first-order valence-electron chi connectivity index (χ1n) is 27.9. The minimum Gasteiger partial charge on any atom is -0.369 e. The number of aliphatic hydroxyl groups is 2. The van der Waals surface area contributed by atoms with Crippen molar-refractivity contribution in [1.82, 2.24) is 29.4 Å². The number of carbonyl (C=O) groups is 7. The Balaban J connectivity index is 0.000000140. The lowest BCUT2D eigenvalue weighted by molar-refractivity contribution is 0.0141. The van der Waals surface area contributed by atoms with Crippen LogP contribution in [0.25, 0.3) is 0 Å². The van der Waals surface area contributed by atoms with E-state index in [0.29, 0.717) is 110 Å². The molecule has 18 nitrogen and oxygen atoms in total. The maximum atomic E-state index is 13.0. The highest BCUT2D eigenvalue weighted by Gasteiger charge is 2.41. The van der Waals surface area contributed by atoms with Crippen molar-refractivity contribution < 1.29 is 43.8 Å². The van der Waals surface area contributed by atoms with Crippen molar-refractivity contribution in [2.24, 2.45) is 0 Å². The molecular formula is C60H64Cl3N9O9S3. The highest BCUT2D eigenvalue weighted by Crippen LogP contribution is 2.40. The van der Waals surface area contributed by atoms with Crippen LogP contribution in [0.4, 0.5) is 17.1 Å². The van der Waals surface area contributed by atoms with Crippen molar-refractivity contribution in [1.29, 1.82) is 0 Å². The van der Waals surface area contributed by atoms with Crippen LogP contribution in [0.1, 0.15) is 152 Å². The minimum atomic E-state index is -1.06. The van der Waals surface area contributed by atoms with Gasteiger partial charge in [0.1, 0.15) is 0 Å². The third-order valence-corrected chi connectivity index (χ3v) is 20.2. The molecule has 3 aromatic carbocycles. The molecule has 0 aliphatic carbocycles. The topological polar surface area (TPSA) is 215 Å². The molecule has 6 aliphatic rings. The van der Waals surface area contributed by atoms with Gasteiger partial charge in [-0.15, -0.1) is 34.0 Å². The molecule has 6 aliphatic heterocycles. The van der Waals surface area contributed by atoms with Gasteiger partial charge < -0.3 is 50.7 Å². The summed E-state index contributed by atoms with van der Waals surface area (Å²) in [4.78, 5) is 102. The van der Waals surface area contributed by atoms with Crippen LogP contribution in [0.5, 0.6) is 0 Å². The molecule has 5 N–H and O–H groups in total. The fraction of sp³-hybridized carbons (Fsp3) is 0.383. The van der Waals surface area contributed by atoms with E-state index in [1.807, 2.05) is 0 Å². The van der Waals surface area contributed by atoms with E-state index < -0.39 is 12.5 Å². The van der Waals surface area contributed by atoms with E-state index in [1.165, 1.54) is 50.2 Å². The Kier molecular flexibility index (Phi) is 19.4. The van der Waals surface area contributed by atoms with Gasteiger partial charge in [0.05, 0.1) is 55.7 Å². The van der Waals surface area contributed by atoms with Gasteiger partial charge in [-0.05, 0) is 165 Å². The van der Waals surface area contributed by atoms with Crippen LogP contribution >= 0.6 is 68.8 Å². The summed E-state index contributed by atoms with van der Waals surface area (Å²) in [5.74, 6) is -2.07. The van der Waals surface area contributed by atoms with Crippen LogP contribution in [-0.4, -0.2) is 159 Å². The number of amides is 7. The number of fused-ring (bicyclic) bond motifs is 3. The summed E-state index contributed by atoms with van der Waals surface area (Å²) >= 11 is 21.2. The molecule has 6 aromatic rings. The van der Waals surface area contributed by atoms with Gasteiger partial charge in [0, 0.05) is 60.1 Å². The molecule has 0 radical (unpaired) electrons. The average Bonchev–Trinajstić information content (AvgIpc) is 4.45. The first kappa shape index (κ1) is 61.0. The van der Waals surface area contributed by atoms with E-state index in [9.17, 15) is 43.8 Å². The third-order valence-electron chi connectivity index (χ3n) is 16.5. The van der Waals surface area contributed by atoms with Crippen LogP contribution in [0.15, 0.2) is 91.0 Å². The molecule has 24 heteroatoms. The first-order valence-corrected chi connectivity index (χ1v) is 31.5. The van der Waals surface area contributed by atoms with E-state index in [2.05, 4.69) is 51.8 Å². The lowest BCUT2D eigenvalue weighted by Gasteiger charge is -2.25. The second kappa shape index (κ2) is 26.7. The summed E-state index contributed by atoms with van der Waals surface area (Å²) < 4.78 is 1.57. The van der Waals surface area contributed by atoms with Gasteiger partial charge in [-0.2, -0.15) is 0 Å². The van der Waals surface area contributed by atoms with Crippen LogP contribution in [0.2, 0.25) is 13.0 Å². The molecule has 12 rings (SSSR count). The van der Waals surface area contributed by atoms with Crippen LogP contribution in [0, 0.1) is 0 Å². The number of carbonyl (C=O) groups excluding carboxylic acids is 7. The van der Waals surface area contributed by atoms with E-state index in [0.717, 1.165) is 75.9 Å². The zero-order valence-corrected chi connectivity index (χ0v) is 51.2. The van der Waals surface area contributed by atoms with E-state index in [-0.39, 0.29) is 46.9 Å². The lowest BCUT2D eigenvalue weighted by atomic mass is 10.1. The molecule has 3 aromatic heterocycles. The molecule has 5 unspecified atom stereocenters. The summed E-state index contributed by atoms with van der Waals surface area (Å²) in [6.07, 6.45) is 7.17. The normalized spacial score (nSPS) is 21.1. The predicted octanol–water partition coefficient (Wildman–Crippen LogP) is 10.9. The zero-order valence-electron chi connectivity index (χ0n) is 46.4. The predicted molar refractivity (Wildman–Crippen MR) is 329 cm³/mol. The van der Waals surface area contributed by atoms with Gasteiger partial charge in [-0.1, -0.05) is 59.1 Å². The number of benzene rings is 3. The largest absolute Gasteiger partial charge is 0.369 e. The van der Waals surface area contributed by atoms with Gasteiger partial charge in [0.25, 0.3) is 41.4 Å². The molecule has 3 fully saturated rings. The van der Waals surface area contributed by atoms with Crippen LogP contribution in [0.3, 0.4) is 0 Å². The van der Waals surface area contributed by atoms with Crippen molar-refractivity contribution >= 4 is 127 Å². The molecule has 7 amide bonds. The second-order valence-corrected chi connectivity index (χ2v) is 26.8. The minimum absolute atomic E-state index is 0.196. The Labute approximate surface area is 513 Å². The summed E-state index contributed by atoms with van der Waals surface area (Å²) in [5.41, 5.74) is 3.63. The molecule has 84 heavy (non-hydrogen) atoms. The number of thiophene rings is 3. The van der Waals surface area contributed by atoms with Gasteiger partial charge in [-0.25, -0.2) is 0 Å². The maximum Gasteiger partial charge on any atom is 0.265 e. The monoisotopic (exact) mass is 1260 g/mol. The molecular weight excluding hydrogens is 1190 g/mol. The molecule has 5 atom stereocenters. The van der Waals surface area contributed by atoms with E-state index in [1.54, 1.807) is 91.0 Å². The number of imide groups is 1. The average molecular weight is 1260 g/mol. The fourth-order valence-corrected chi connectivity index (χ4v) is 14.8. The SMILES string of the molecule is CN1CCCC1CCN1C(=O)c2c(NC(=O)c3ccc(Cl)s3)cccc2C1O.CN1CCCC1CCN1C(=O)c2cccc(NC(=O)c3ccc(Cl)s3)c2C1=O.CN1CCCC1CCN1C(=O)c2cccc(NC(=O)c3ccc(Cl)s3)c2C1O. The van der Waals surface area contributed by atoms with Crippen molar-refractivity contribution in [3.8, 4) is 0 Å². The standard InChI is InChI=1S/2C20H22ClN3O3S.C20H20ClN3O3S/c3*1-23-10-3-4-12(23)9-11-24-19(26)13-5-2-6-14(17(13)20(24)27)22-18(25)15-7-8-16(21)28-15/h2,5-8,12,20,27H,3-4,9-11H2,1H3,(H,22,25);2,5-8,12,19,26H,3-4,9-11H2,1H3,(H,22,25);2,5-8,12H,3-4,9-11H2,1H3,(H,22,25). The van der Waals surface area contributed by atoms with Crippen LogP contribution < -0.4 is 16.0 Å². The van der Waals surface area contributed by atoms with Gasteiger partial charge in [-0.3, -0.25) is 38.5 Å². The summed E-state index contributed by atoms with van der Waals surface area (Å²) in [6.45, 7) is 4.55. The number of rotatable bonds is 15. The number of hydrogen-bond acceptors (Lipinski definition) is 15. The number of halogens is 3. The zero-order chi connectivity index (χ0) is 59.5. The van der Waals surface area contributed by atoms with Gasteiger partial charge in [0.2, 0.25) is 0 Å². The lowest BCUT2D eigenvalue weighted by Crippen LogP contribution is -2.35. The Bertz CT molecular complexity index is 3480. The number of likely N-dealkylation sites (tertiary alicyclic amines) is 3. The molecule has 0 saturated carbocycles. The maximum absolute atomic E-state index is 13.0. The summed E-state index contributed by atoms with van der Waals surface area (Å²) in [7, 11) is 6.27. The number of aliphatic hydroxyl groups excluding tert-OH is 2. The smallest absolute Gasteiger partial charge is 0.265 e. The van der Waals surface area contributed by atoms with E-state index in [4.69, 9.17) is 34.8 Å². The quantitative estimate of drug-likeness (QED) is 0.0607. The highest BCUT2D eigenvalue weighted by atomic mass is 35.5. The van der Waals surface area contributed by atoms with Crippen molar-refractivity contribution in [2.45, 2.75) is 88.4 Å². The Morgan fingerprint density at radius 1 is 0.488 bits per heavy atom. The van der Waals surface area contributed by atoms with Crippen molar-refractivity contribution in [2.75, 3.05) is 76.4 Å². The number of nitrogens with one attached hydrogen (secondary N) is 3. The number of anilines is 3. The van der Waals surface area contributed by atoms with E-state index >= 15 is 0 Å². The molecule has 3 saturated heterocycles. The fourth-order valence-electron chi connectivity index (χ4n) is 11.9. The molecule has 0 bridgehead atoms. The molecule has 0 spiro atoms. The Morgan fingerprint density at radius 2 is 0.905 bits per heavy atom. The van der Waals surface area contributed by atoms with Crippen molar-refractivity contribution in [3.63, 3.8) is 0 Å². The van der Waals surface area contributed by atoms with Gasteiger partial charge in [0.15, 0.2) is 12.5 Å². The highest BCUT2D eigenvalue weighted by molar-refractivity contribution is 7.18. The molecule has 9 heterocycles. The van der Waals surface area contributed by atoms with Crippen LogP contribution in [-0.2, 0) is 0 Å². The second-order valence-electron chi connectivity index (χ2n) is 21.6. The van der Waals surface area contributed by atoms with Gasteiger partial charge >= 0.3 is 0 Å². The first-order chi connectivity index (χ1) is 40.4. The molecule has 442 valence electrons. The Hall–Kier alpha value is -6.08. The summed E-state index contributed by atoms with van der Waals surface area (Å²) in [6, 6.07) is 26.4. The number of hydrogen-bond donors (Lipinski definition) is 5. The third kappa shape index (κ3) is 13.2. The summed E-state index contributed by atoms with van der Waals surface area (Å²) in [5, 5.41) is 29.9. The Morgan fingerprint density at radius 3 is 1.36 bits per heavy atom. The number of nitrogens with zero attached hydrogens (tertiary/aromatic N) is 6. The van der Waals surface area contributed by atoms with Crippen molar-refractivity contribution in [3.05, 3.63) is 152 Å².